The van der Waals surface area contributed by atoms with Gasteiger partial charge in [0, 0.05) is 12.5 Å². The summed E-state index contributed by atoms with van der Waals surface area (Å²) in [5.74, 6) is -4.76. The highest BCUT2D eigenvalue weighted by atomic mass is 32.2. The van der Waals surface area contributed by atoms with Crippen molar-refractivity contribution < 1.29 is 47.8 Å². The SMILES string of the molecule is CC[C@H](C)[C@H](NC(=O)[C@H](C)NC(=O)[C@H](CCSC)NC(=O)[C@H](C)NC(=O)[C@@H](CC(=O)NC(c1ccccc1)(c1ccccc1)c1ccccc1)NC(=O)OCC1c2ccccc2-c2ccccc21)C(=O)N1CCC[C@H]1C(=O)OC(C)(C)C. The number of fused-ring (bicyclic) bond motifs is 3. The lowest BCUT2D eigenvalue weighted by molar-refractivity contribution is -0.163. The van der Waals surface area contributed by atoms with E-state index in [0.717, 1.165) is 38.9 Å². The Labute approximate surface area is 485 Å². The number of hydrogen-bond donors (Lipinski definition) is 6. The Morgan fingerprint density at radius 3 is 1.61 bits per heavy atom. The zero-order valence-electron chi connectivity index (χ0n) is 48.0. The normalized spacial score (nSPS) is 16.1. The summed E-state index contributed by atoms with van der Waals surface area (Å²) >= 11 is 1.43. The molecule has 1 aliphatic heterocycles. The van der Waals surface area contributed by atoms with Gasteiger partial charge in [0.2, 0.25) is 35.4 Å². The number of nitrogens with zero attached hydrogens (tertiary/aromatic N) is 1. The molecule has 0 saturated carbocycles. The Morgan fingerprint density at radius 2 is 1.11 bits per heavy atom. The molecule has 0 spiro atoms. The van der Waals surface area contributed by atoms with Crippen molar-refractivity contribution >= 4 is 59.3 Å². The number of ether oxygens (including phenoxy) is 2. The third-order valence-electron chi connectivity index (χ3n) is 15.0. The summed E-state index contributed by atoms with van der Waals surface area (Å²) in [7, 11) is 0. The first kappa shape index (κ1) is 61.6. The molecule has 0 aromatic heterocycles. The van der Waals surface area contributed by atoms with Gasteiger partial charge in [-0.05, 0) is 111 Å². The summed E-state index contributed by atoms with van der Waals surface area (Å²) in [6, 6.07) is 36.9. The lowest BCUT2D eigenvalue weighted by Gasteiger charge is -2.37. The Balaban J connectivity index is 1.07. The van der Waals surface area contributed by atoms with E-state index in [4.69, 9.17) is 9.47 Å². The van der Waals surface area contributed by atoms with Gasteiger partial charge in [-0.3, -0.25) is 28.8 Å². The average Bonchev–Trinajstić information content (AvgIpc) is 3.61. The number of likely N-dealkylation sites (tertiary alicyclic amines) is 1. The summed E-state index contributed by atoms with van der Waals surface area (Å²) in [4.78, 5) is 114. The lowest BCUT2D eigenvalue weighted by Crippen LogP contribution is -2.59. The van der Waals surface area contributed by atoms with E-state index < -0.39 is 101 Å². The Morgan fingerprint density at radius 1 is 0.622 bits per heavy atom. The molecule has 5 aromatic carbocycles. The molecule has 0 bridgehead atoms. The molecular weight excluding hydrogens is 1060 g/mol. The monoisotopic (exact) mass is 1140 g/mol. The minimum absolute atomic E-state index is 0.0798. The van der Waals surface area contributed by atoms with E-state index in [-0.39, 0.29) is 24.9 Å². The molecular formula is C64H77N7O10S. The zero-order valence-corrected chi connectivity index (χ0v) is 48.8. The first-order chi connectivity index (χ1) is 39.3. The van der Waals surface area contributed by atoms with Gasteiger partial charge in [0.1, 0.15) is 54.0 Å². The average molecular weight is 1140 g/mol. The number of hydrogen-bond acceptors (Lipinski definition) is 11. The van der Waals surface area contributed by atoms with Crippen molar-refractivity contribution in [3.05, 3.63) is 167 Å². The van der Waals surface area contributed by atoms with Crippen LogP contribution in [-0.2, 0) is 48.6 Å². The maximum atomic E-state index is 14.8. The lowest BCUT2D eigenvalue weighted by atomic mass is 9.77. The summed E-state index contributed by atoms with van der Waals surface area (Å²) in [6.45, 7) is 12.1. The molecule has 1 heterocycles. The Hall–Kier alpha value is -7.99. The second-order valence-electron chi connectivity index (χ2n) is 22.0. The molecule has 434 valence electrons. The number of amides is 7. The number of thioether (sulfide) groups is 1. The Bertz CT molecular complexity index is 2910. The molecule has 2 aliphatic rings. The van der Waals surface area contributed by atoms with Gasteiger partial charge in [0.05, 0.1) is 6.42 Å². The van der Waals surface area contributed by atoms with Crippen molar-refractivity contribution in [1.82, 2.24) is 36.8 Å². The van der Waals surface area contributed by atoms with Crippen LogP contribution in [0.1, 0.15) is 114 Å². The molecule has 0 radical (unpaired) electrons. The van der Waals surface area contributed by atoms with Crippen LogP contribution in [0.15, 0.2) is 140 Å². The van der Waals surface area contributed by atoms with Gasteiger partial charge < -0.3 is 46.3 Å². The van der Waals surface area contributed by atoms with Gasteiger partial charge in [0.25, 0.3) is 0 Å². The van der Waals surface area contributed by atoms with Crippen LogP contribution in [0.4, 0.5) is 4.79 Å². The van der Waals surface area contributed by atoms with E-state index in [1.807, 2.05) is 160 Å². The molecule has 1 aliphatic carbocycles. The fraction of sp³-hybridized carbons (Fsp3) is 0.406. The van der Waals surface area contributed by atoms with E-state index in [0.29, 0.717) is 31.6 Å². The number of nitrogens with one attached hydrogen (secondary N) is 6. The largest absolute Gasteiger partial charge is 0.458 e. The van der Waals surface area contributed by atoms with Gasteiger partial charge in [-0.25, -0.2) is 9.59 Å². The molecule has 17 nitrogen and oxygen atoms in total. The third kappa shape index (κ3) is 15.1. The van der Waals surface area contributed by atoms with Gasteiger partial charge in [-0.1, -0.05) is 160 Å². The number of alkyl carbamates (subject to hydrolysis) is 1. The van der Waals surface area contributed by atoms with E-state index in [1.165, 1.54) is 30.5 Å². The maximum absolute atomic E-state index is 14.8. The molecule has 5 aromatic rings. The smallest absolute Gasteiger partial charge is 0.407 e. The highest BCUT2D eigenvalue weighted by Gasteiger charge is 2.43. The van der Waals surface area contributed by atoms with Crippen LogP contribution < -0.4 is 31.9 Å². The zero-order chi connectivity index (χ0) is 59.1. The predicted octanol–water partition coefficient (Wildman–Crippen LogP) is 7.50. The van der Waals surface area contributed by atoms with Crippen LogP contribution in [0.2, 0.25) is 0 Å². The van der Waals surface area contributed by atoms with Crippen LogP contribution >= 0.6 is 11.8 Å². The number of rotatable bonds is 24. The fourth-order valence-corrected chi connectivity index (χ4v) is 11.0. The van der Waals surface area contributed by atoms with E-state index in [1.54, 1.807) is 20.8 Å². The molecule has 0 unspecified atom stereocenters. The van der Waals surface area contributed by atoms with Gasteiger partial charge in [0.15, 0.2) is 0 Å². The van der Waals surface area contributed by atoms with Crippen LogP contribution in [0, 0.1) is 5.92 Å². The molecule has 7 atom stereocenters. The summed E-state index contributed by atoms with van der Waals surface area (Å²) in [6.07, 6.45) is 1.94. The fourth-order valence-electron chi connectivity index (χ4n) is 10.6. The molecule has 6 N–H and O–H groups in total. The quantitative estimate of drug-likeness (QED) is 0.0262. The molecule has 82 heavy (non-hydrogen) atoms. The Kier molecular flexibility index (Phi) is 21.1. The number of carbonyl (C=O) groups excluding carboxylic acids is 8. The summed E-state index contributed by atoms with van der Waals surface area (Å²) < 4.78 is 11.5. The van der Waals surface area contributed by atoms with Crippen molar-refractivity contribution in [1.29, 1.82) is 0 Å². The number of esters is 1. The van der Waals surface area contributed by atoms with Gasteiger partial charge in [-0.15, -0.1) is 0 Å². The van der Waals surface area contributed by atoms with E-state index in [2.05, 4.69) is 31.9 Å². The molecule has 1 fully saturated rings. The van der Waals surface area contributed by atoms with Crippen molar-refractivity contribution in [2.45, 2.75) is 134 Å². The topological polar surface area (TPSA) is 230 Å². The highest BCUT2D eigenvalue weighted by Crippen LogP contribution is 2.44. The van der Waals surface area contributed by atoms with Crippen LogP contribution in [-0.4, -0.2) is 119 Å². The van der Waals surface area contributed by atoms with Crippen LogP contribution in [0.5, 0.6) is 0 Å². The predicted molar refractivity (Wildman–Crippen MR) is 316 cm³/mol. The number of carbonyl (C=O) groups is 8. The molecule has 1 saturated heterocycles. The highest BCUT2D eigenvalue weighted by molar-refractivity contribution is 7.98. The summed E-state index contributed by atoms with van der Waals surface area (Å²) in [5, 5.41) is 16.8. The van der Waals surface area contributed by atoms with Crippen molar-refractivity contribution in [3.8, 4) is 11.1 Å². The maximum Gasteiger partial charge on any atom is 0.407 e. The van der Waals surface area contributed by atoms with Crippen molar-refractivity contribution in [2.75, 3.05) is 25.2 Å². The second-order valence-corrected chi connectivity index (χ2v) is 23.0. The first-order valence-corrected chi connectivity index (χ1v) is 29.5. The van der Waals surface area contributed by atoms with E-state index >= 15 is 0 Å². The number of benzene rings is 5. The van der Waals surface area contributed by atoms with Gasteiger partial charge >= 0.3 is 12.1 Å². The molecule has 7 rings (SSSR count). The second kappa shape index (κ2) is 28.1. The van der Waals surface area contributed by atoms with Crippen molar-refractivity contribution in [3.63, 3.8) is 0 Å². The minimum atomic E-state index is -1.58. The van der Waals surface area contributed by atoms with Crippen LogP contribution in [0.25, 0.3) is 11.1 Å². The van der Waals surface area contributed by atoms with Gasteiger partial charge in [-0.2, -0.15) is 11.8 Å². The molecule has 7 amide bonds. The summed E-state index contributed by atoms with van der Waals surface area (Å²) in [5.41, 5.74) is 4.15. The third-order valence-corrected chi connectivity index (χ3v) is 15.7. The minimum Gasteiger partial charge on any atom is -0.458 e. The standard InChI is InChI=1S/C64H77N7O10S/c1-9-40(2)55(60(77)71-36-23-34-53(71)61(78)81-63(5,6)7)69-57(74)42(4)65-58(75)51(35-37-82-8)67-56(73)41(3)66-59(76)52(68-62(79)80-39-50-48-32-21-19-30-46(48)47-31-20-22-33-49(47)50)38-54(72)70-64(43-24-13-10-14-25-43,44-26-15-11-16-27-44)45-28-17-12-18-29-45/h10-22,24-33,40-42,50-53,55H,9,23,34-39H2,1-8H3,(H,65,75)(H,66,76)(H,67,73)(H,68,79)(H,69,74)(H,70,72)/t40-,41-,42-,51-,52+,53-,55-/m0/s1. The van der Waals surface area contributed by atoms with Crippen LogP contribution in [0.3, 0.4) is 0 Å². The molecule has 18 heteroatoms. The van der Waals surface area contributed by atoms with Crippen molar-refractivity contribution in [2.24, 2.45) is 5.92 Å². The van der Waals surface area contributed by atoms with E-state index in [9.17, 15) is 38.4 Å². The first-order valence-electron chi connectivity index (χ1n) is 28.1.